The molecule has 0 unspecified atom stereocenters. The van der Waals surface area contributed by atoms with Crippen LogP contribution in [0.4, 0.5) is 29.3 Å². The molecular formula is C22H25F4N9O2. The van der Waals surface area contributed by atoms with Crippen molar-refractivity contribution in [3.63, 3.8) is 0 Å². The molecule has 1 saturated heterocycles. The van der Waals surface area contributed by atoms with E-state index in [4.69, 9.17) is 16.6 Å². The number of anilines is 2. The van der Waals surface area contributed by atoms with E-state index < -0.39 is 38.0 Å². The number of piperidine rings is 1. The number of amides is 1. The van der Waals surface area contributed by atoms with Crippen LogP contribution in [0.1, 0.15) is 18.7 Å². The third kappa shape index (κ3) is 5.55. The van der Waals surface area contributed by atoms with Gasteiger partial charge in [-0.2, -0.15) is 4.98 Å². The van der Waals surface area contributed by atoms with Gasteiger partial charge in [0.15, 0.2) is 11.5 Å². The van der Waals surface area contributed by atoms with Crippen LogP contribution in [0.2, 0.25) is 0 Å². The first-order valence-corrected chi connectivity index (χ1v) is 11.3. The van der Waals surface area contributed by atoms with Gasteiger partial charge in [0.1, 0.15) is 23.5 Å². The van der Waals surface area contributed by atoms with Crippen molar-refractivity contribution in [2.45, 2.75) is 38.7 Å². The highest BCUT2D eigenvalue weighted by atomic mass is 19.3. The molecule has 4 aromatic heterocycles. The zero-order valence-corrected chi connectivity index (χ0v) is 19.8. The Labute approximate surface area is 207 Å². The third-order valence-electron chi connectivity index (χ3n) is 5.81. The Bertz CT molecular complexity index is 1440. The molecule has 4 aromatic rings. The molecule has 0 radical (unpaired) electrons. The number of hydrogen-bond acceptors (Lipinski definition) is 8. The minimum Gasteiger partial charge on any atom is -0.387 e. The lowest BCUT2D eigenvalue weighted by molar-refractivity contribution is -0.144. The van der Waals surface area contributed by atoms with Crippen molar-refractivity contribution in [2.24, 2.45) is 0 Å². The first-order chi connectivity index (χ1) is 17.5. The molecule has 37 heavy (non-hydrogen) atoms. The maximum absolute atomic E-state index is 12.9. The molecule has 1 amide bonds. The Morgan fingerprint density at radius 3 is 2.62 bits per heavy atom. The van der Waals surface area contributed by atoms with Crippen LogP contribution in [-0.4, -0.2) is 77.1 Å². The highest BCUT2D eigenvalue weighted by Gasteiger charge is 2.36. The molecular weight excluding hydrogens is 498 g/mol. The molecule has 1 aliphatic heterocycles. The number of nitrogens with two attached hydrogens (primary N) is 2. The number of imidazole rings is 1. The van der Waals surface area contributed by atoms with E-state index in [-0.39, 0.29) is 18.2 Å². The molecule has 5 heterocycles. The topological polar surface area (TPSA) is 153 Å². The molecule has 198 valence electrons. The highest BCUT2D eigenvalue weighted by Crippen LogP contribution is 2.29. The number of aliphatic hydroxyl groups excluding tert-OH is 1. The van der Waals surface area contributed by atoms with Crippen LogP contribution in [0.25, 0.3) is 27.9 Å². The minimum absolute atomic E-state index is 0.0567. The predicted octanol–water partition coefficient (Wildman–Crippen LogP) is 2.12. The number of hydrogen-bond donors (Lipinski definition) is 3. The number of fused-ring (bicyclic) bond motifs is 2. The first kappa shape index (κ1) is 26.1. The summed E-state index contributed by atoms with van der Waals surface area (Å²) in [6.07, 6.45) is -0.669. The third-order valence-corrected chi connectivity index (χ3v) is 5.81. The molecule has 0 spiro atoms. The Hall–Kier alpha value is -4.01. The number of nitrogen functional groups attached to an aromatic ring is 2. The van der Waals surface area contributed by atoms with Crippen LogP contribution in [0.5, 0.6) is 0 Å². The van der Waals surface area contributed by atoms with Gasteiger partial charge in [-0.05, 0) is 31.5 Å². The van der Waals surface area contributed by atoms with Gasteiger partial charge >= 0.3 is 0 Å². The quantitative estimate of drug-likeness (QED) is 0.344. The maximum atomic E-state index is 12.9. The molecule has 0 aliphatic carbocycles. The number of carbonyl (C=O) groups excluding carboxylic acids is 1. The Morgan fingerprint density at radius 1 is 1.19 bits per heavy atom. The fourth-order valence-electron chi connectivity index (χ4n) is 4.18. The van der Waals surface area contributed by atoms with Crippen LogP contribution in [0.15, 0.2) is 24.4 Å². The van der Waals surface area contributed by atoms with E-state index in [0.29, 0.717) is 46.7 Å². The number of aryl methyl sites for hydroxylation is 1. The Morgan fingerprint density at radius 2 is 1.95 bits per heavy atom. The van der Waals surface area contributed by atoms with Gasteiger partial charge in [0.25, 0.3) is 12.3 Å². The summed E-state index contributed by atoms with van der Waals surface area (Å²) in [6, 6.07) is 5.27. The standard InChI is InChI=1S/C15H14F2N8.C7H11F2NO2/c1-7-20-10-3-2-9(21-14(10)24(7)6-11(16)17)8-4-5-25-12(8)13(18)22-15(19)23-25;8-7(9)2-1-3-10(5-7)6(12)4-11/h2-5,11H,6H2,1H3,(H4,18,19,22,23);11H,1-5H2. The molecule has 1 aliphatic rings. The van der Waals surface area contributed by atoms with Crippen LogP contribution in [0, 0.1) is 6.92 Å². The first-order valence-electron chi connectivity index (χ1n) is 11.3. The minimum atomic E-state index is -2.77. The number of aliphatic hydroxyl groups is 1. The fraction of sp³-hybridized carbons (Fsp3) is 0.409. The van der Waals surface area contributed by atoms with E-state index in [1.54, 1.807) is 31.3 Å². The largest absolute Gasteiger partial charge is 0.387 e. The zero-order valence-electron chi connectivity index (χ0n) is 19.8. The van der Waals surface area contributed by atoms with E-state index in [9.17, 15) is 22.4 Å². The van der Waals surface area contributed by atoms with E-state index in [2.05, 4.69) is 20.1 Å². The second-order valence-corrected chi connectivity index (χ2v) is 8.51. The van der Waals surface area contributed by atoms with Gasteiger partial charge in [-0.1, -0.05) is 0 Å². The van der Waals surface area contributed by atoms with Crippen molar-refractivity contribution in [3.05, 3.63) is 30.2 Å². The van der Waals surface area contributed by atoms with Gasteiger partial charge in [-0.15, -0.1) is 5.10 Å². The molecule has 15 heteroatoms. The number of rotatable bonds is 4. The molecule has 0 saturated carbocycles. The molecule has 5 N–H and O–H groups in total. The molecule has 0 bridgehead atoms. The summed E-state index contributed by atoms with van der Waals surface area (Å²) in [7, 11) is 0. The lowest BCUT2D eigenvalue weighted by atomic mass is 10.1. The Balaban J connectivity index is 0.000000225. The van der Waals surface area contributed by atoms with E-state index >= 15 is 0 Å². The summed E-state index contributed by atoms with van der Waals surface area (Å²) < 4.78 is 54.0. The SMILES string of the molecule is Cc1nc2ccc(-c3ccn4nc(N)nc(N)c34)nc2n1CC(F)F.O=C(CO)N1CCCC(F)(F)C1. The van der Waals surface area contributed by atoms with Crippen molar-refractivity contribution in [3.8, 4) is 11.3 Å². The van der Waals surface area contributed by atoms with Crippen LogP contribution in [-0.2, 0) is 11.3 Å². The van der Waals surface area contributed by atoms with E-state index in [1.165, 1.54) is 9.08 Å². The van der Waals surface area contributed by atoms with Crippen molar-refractivity contribution in [1.29, 1.82) is 0 Å². The summed E-state index contributed by atoms with van der Waals surface area (Å²) >= 11 is 0. The number of halogens is 4. The predicted molar refractivity (Wildman–Crippen MR) is 127 cm³/mol. The van der Waals surface area contributed by atoms with Gasteiger partial charge in [-0.3, -0.25) is 4.79 Å². The summed E-state index contributed by atoms with van der Waals surface area (Å²) in [5.41, 5.74) is 14.3. The van der Waals surface area contributed by atoms with Crippen LogP contribution < -0.4 is 11.5 Å². The van der Waals surface area contributed by atoms with Crippen molar-refractivity contribution in [2.75, 3.05) is 31.2 Å². The van der Waals surface area contributed by atoms with E-state index in [0.717, 1.165) is 4.90 Å². The molecule has 11 nitrogen and oxygen atoms in total. The fourth-order valence-corrected chi connectivity index (χ4v) is 4.18. The highest BCUT2D eigenvalue weighted by molar-refractivity contribution is 5.88. The van der Waals surface area contributed by atoms with Gasteiger partial charge in [0.2, 0.25) is 11.9 Å². The van der Waals surface area contributed by atoms with Crippen molar-refractivity contribution >= 4 is 34.4 Å². The summed E-state index contributed by atoms with van der Waals surface area (Å²) in [5.74, 6) is -2.64. The number of pyridine rings is 1. The van der Waals surface area contributed by atoms with Crippen LogP contribution >= 0.6 is 0 Å². The summed E-state index contributed by atoms with van der Waals surface area (Å²) in [6.45, 7) is 0.306. The molecule has 1 fully saturated rings. The lowest BCUT2D eigenvalue weighted by Gasteiger charge is -2.31. The number of likely N-dealkylation sites (tertiary alicyclic amines) is 1. The number of aromatic nitrogens is 6. The smallest absolute Gasteiger partial charge is 0.265 e. The second kappa shape index (κ2) is 10.2. The maximum Gasteiger partial charge on any atom is 0.265 e. The zero-order chi connectivity index (χ0) is 26.9. The van der Waals surface area contributed by atoms with Gasteiger partial charge in [0, 0.05) is 24.7 Å². The second-order valence-electron chi connectivity index (χ2n) is 8.51. The number of carbonyl (C=O) groups is 1. The Kier molecular flexibility index (Phi) is 7.16. The normalized spacial score (nSPS) is 15.3. The van der Waals surface area contributed by atoms with Gasteiger partial charge in [0.05, 0.1) is 18.8 Å². The average molecular weight is 523 g/mol. The van der Waals surface area contributed by atoms with E-state index in [1.807, 2.05) is 0 Å². The van der Waals surface area contributed by atoms with Crippen LogP contribution in [0.3, 0.4) is 0 Å². The summed E-state index contributed by atoms with van der Waals surface area (Å²) in [4.78, 5) is 24.6. The average Bonchev–Trinajstić information content (AvgIpc) is 3.38. The lowest BCUT2D eigenvalue weighted by Crippen LogP contribution is -2.46. The van der Waals surface area contributed by atoms with Gasteiger partial charge in [-0.25, -0.2) is 32.0 Å². The number of nitrogens with zero attached hydrogens (tertiary/aromatic N) is 7. The summed E-state index contributed by atoms with van der Waals surface area (Å²) in [5, 5.41) is 12.5. The van der Waals surface area contributed by atoms with Crippen molar-refractivity contribution < 1.29 is 27.5 Å². The monoisotopic (exact) mass is 523 g/mol. The molecule has 0 aromatic carbocycles. The van der Waals surface area contributed by atoms with Gasteiger partial charge < -0.3 is 26.0 Å². The molecule has 5 rings (SSSR count). The number of alkyl halides is 4. The van der Waals surface area contributed by atoms with Crippen molar-refractivity contribution in [1.82, 2.24) is 34.0 Å². The molecule has 0 atom stereocenters.